The van der Waals surface area contributed by atoms with E-state index in [2.05, 4.69) is 23.8 Å². The fraction of sp³-hybridized carbons (Fsp3) is 0.360. The Bertz CT molecular complexity index is 1050. The van der Waals surface area contributed by atoms with E-state index in [0.29, 0.717) is 31.0 Å². The number of Topliss-reactive ketones (excluding diaryl/α,β-unsaturated/α-hetero) is 1. The first kappa shape index (κ1) is 20.2. The van der Waals surface area contributed by atoms with Crippen LogP contribution in [0, 0.1) is 11.8 Å². The van der Waals surface area contributed by atoms with Gasteiger partial charge < -0.3 is 4.90 Å². The van der Waals surface area contributed by atoms with Crippen molar-refractivity contribution in [2.75, 3.05) is 13.1 Å². The summed E-state index contributed by atoms with van der Waals surface area (Å²) in [4.78, 5) is 36.0. The van der Waals surface area contributed by atoms with E-state index in [9.17, 15) is 9.59 Å². The van der Waals surface area contributed by atoms with E-state index in [1.165, 1.54) is 0 Å². The molecule has 5 nitrogen and oxygen atoms in total. The van der Waals surface area contributed by atoms with Crippen LogP contribution in [0.2, 0.25) is 0 Å². The Morgan fingerprint density at radius 2 is 2.00 bits per heavy atom. The minimum atomic E-state index is -0.0433. The Hall–Kier alpha value is -3.08. The lowest BCUT2D eigenvalue weighted by Crippen LogP contribution is -2.42. The van der Waals surface area contributed by atoms with Gasteiger partial charge in [-0.05, 0) is 42.3 Å². The zero-order valence-electron chi connectivity index (χ0n) is 17.5. The lowest BCUT2D eigenvalue weighted by molar-refractivity contribution is -0.124. The van der Waals surface area contributed by atoms with Crippen LogP contribution >= 0.6 is 0 Å². The first-order valence-electron chi connectivity index (χ1n) is 10.6. The summed E-state index contributed by atoms with van der Waals surface area (Å²) in [5, 5.41) is 2.14. The van der Waals surface area contributed by atoms with Gasteiger partial charge in [-0.1, -0.05) is 32.0 Å². The molecule has 4 rings (SSSR count). The smallest absolute Gasteiger partial charge is 0.255 e. The molecule has 1 unspecified atom stereocenters. The molecule has 0 saturated carbocycles. The number of rotatable bonds is 5. The van der Waals surface area contributed by atoms with Crippen LogP contribution in [0.5, 0.6) is 0 Å². The minimum absolute atomic E-state index is 0.0402. The van der Waals surface area contributed by atoms with Crippen molar-refractivity contribution in [2.45, 2.75) is 33.1 Å². The molecule has 3 heterocycles. The molecule has 1 atom stereocenters. The predicted molar refractivity (Wildman–Crippen MR) is 118 cm³/mol. The van der Waals surface area contributed by atoms with Gasteiger partial charge in [0.15, 0.2) is 0 Å². The number of amides is 1. The summed E-state index contributed by atoms with van der Waals surface area (Å²) in [7, 11) is 0. The van der Waals surface area contributed by atoms with Crippen molar-refractivity contribution in [1.29, 1.82) is 0 Å². The maximum atomic E-state index is 13.0. The number of fused-ring (bicyclic) bond motifs is 1. The number of carbonyl (C=O) groups is 2. The first-order valence-corrected chi connectivity index (χ1v) is 10.6. The standard InChI is InChI=1S/C25H27N3O2/c1-17(2)13-24(29)20-6-4-12-28(16-20)25(30)19-8-9-23(27-15-19)22-7-3-5-18-14-26-11-10-21(18)22/h3,5,7-11,14-15,17,20H,4,6,12-13,16H2,1-2H3. The molecule has 1 saturated heterocycles. The number of aromatic nitrogens is 2. The van der Waals surface area contributed by atoms with Crippen molar-refractivity contribution >= 4 is 22.5 Å². The van der Waals surface area contributed by atoms with E-state index in [4.69, 9.17) is 0 Å². The Morgan fingerprint density at radius 1 is 1.13 bits per heavy atom. The van der Waals surface area contributed by atoms with Crippen LogP contribution < -0.4 is 0 Å². The van der Waals surface area contributed by atoms with Crippen LogP contribution in [-0.4, -0.2) is 39.6 Å². The third-order valence-corrected chi connectivity index (χ3v) is 5.74. The zero-order valence-corrected chi connectivity index (χ0v) is 17.5. The van der Waals surface area contributed by atoms with Crippen molar-refractivity contribution in [1.82, 2.24) is 14.9 Å². The predicted octanol–water partition coefficient (Wildman–Crippen LogP) is 4.76. The summed E-state index contributed by atoms with van der Waals surface area (Å²) in [5.41, 5.74) is 2.41. The molecular weight excluding hydrogens is 374 g/mol. The summed E-state index contributed by atoms with van der Waals surface area (Å²) in [6, 6.07) is 11.8. The number of carbonyl (C=O) groups excluding carboxylic acids is 2. The van der Waals surface area contributed by atoms with Gasteiger partial charge in [0, 0.05) is 55.0 Å². The van der Waals surface area contributed by atoms with Gasteiger partial charge >= 0.3 is 0 Å². The van der Waals surface area contributed by atoms with Crippen LogP contribution in [-0.2, 0) is 4.79 Å². The average Bonchev–Trinajstić information content (AvgIpc) is 2.78. The van der Waals surface area contributed by atoms with Gasteiger partial charge in [-0.2, -0.15) is 0 Å². The topological polar surface area (TPSA) is 63.2 Å². The van der Waals surface area contributed by atoms with Crippen LogP contribution in [0.4, 0.5) is 0 Å². The quantitative estimate of drug-likeness (QED) is 0.618. The number of pyridine rings is 2. The van der Waals surface area contributed by atoms with Gasteiger partial charge in [-0.25, -0.2) is 0 Å². The van der Waals surface area contributed by atoms with Crippen molar-refractivity contribution < 1.29 is 9.59 Å². The van der Waals surface area contributed by atoms with E-state index in [-0.39, 0.29) is 17.6 Å². The second-order valence-electron chi connectivity index (χ2n) is 8.49. The molecule has 1 aliphatic heterocycles. The number of piperidine rings is 1. The molecule has 1 fully saturated rings. The van der Waals surface area contributed by atoms with Gasteiger partial charge in [-0.3, -0.25) is 19.6 Å². The Kier molecular flexibility index (Phi) is 5.88. The molecule has 2 aromatic heterocycles. The fourth-order valence-corrected chi connectivity index (χ4v) is 4.20. The second kappa shape index (κ2) is 8.74. The number of benzene rings is 1. The maximum absolute atomic E-state index is 13.0. The highest BCUT2D eigenvalue weighted by atomic mass is 16.2. The molecule has 1 aliphatic rings. The lowest BCUT2D eigenvalue weighted by Gasteiger charge is -2.32. The lowest BCUT2D eigenvalue weighted by atomic mass is 9.89. The largest absolute Gasteiger partial charge is 0.338 e. The van der Waals surface area contributed by atoms with E-state index < -0.39 is 0 Å². The molecule has 0 radical (unpaired) electrons. The van der Waals surface area contributed by atoms with Gasteiger partial charge in [0.1, 0.15) is 5.78 Å². The number of hydrogen-bond donors (Lipinski definition) is 0. The van der Waals surface area contributed by atoms with Gasteiger partial charge in [0.25, 0.3) is 5.91 Å². The maximum Gasteiger partial charge on any atom is 0.255 e. The first-order chi connectivity index (χ1) is 14.5. The van der Waals surface area contributed by atoms with Crippen molar-refractivity contribution in [2.24, 2.45) is 11.8 Å². The molecule has 0 spiro atoms. The number of likely N-dealkylation sites (tertiary alicyclic amines) is 1. The van der Waals surface area contributed by atoms with Gasteiger partial charge in [-0.15, -0.1) is 0 Å². The highest BCUT2D eigenvalue weighted by Gasteiger charge is 2.29. The van der Waals surface area contributed by atoms with Crippen molar-refractivity contribution in [3.63, 3.8) is 0 Å². The molecule has 154 valence electrons. The summed E-state index contributed by atoms with van der Waals surface area (Å²) >= 11 is 0. The molecule has 30 heavy (non-hydrogen) atoms. The molecule has 0 bridgehead atoms. The van der Waals surface area contributed by atoms with E-state index in [1.54, 1.807) is 12.4 Å². The zero-order chi connectivity index (χ0) is 21.1. The van der Waals surface area contributed by atoms with E-state index in [1.807, 2.05) is 47.5 Å². The normalized spacial score (nSPS) is 16.8. The van der Waals surface area contributed by atoms with Gasteiger partial charge in [0.05, 0.1) is 11.3 Å². The Labute approximate surface area is 177 Å². The molecule has 0 aliphatic carbocycles. The van der Waals surface area contributed by atoms with Crippen LogP contribution in [0.1, 0.15) is 43.5 Å². The SMILES string of the molecule is CC(C)CC(=O)C1CCCN(C(=O)c2ccc(-c3cccc4cnccc34)nc2)C1. The molecule has 3 aromatic rings. The summed E-state index contributed by atoms with van der Waals surface area (Å²) in [5.74, 6) is 0.548. The highest BCUT2D eigenvalue weighted by molar-refractivity contribution is 5.97. The molecule has 5 heteroatoms. The summed E-state index contributed by atoms with van der Waals surface area (Å²) in [6.45, 7) is 5.33. The minimum Gasteiger partial charge on any atom is -0.338 e. The molecule has 0 N–H and O–H groups in total. The fourth-order valence-electron chi connectivity index (χ4n) is 4.20. The number of nitrogens with zero attached hydrogens (tertiary/aromatic N) is 3. The number of hydrogen-bond acceptors (Lipinski definition) is 4. The average molecular weight is 402 g/mol. The third-order valence-electron chi connectivity index (χ3n) is 5.74. The van der Waals surface area contributed by atoms with E-state index >= 15 is 0 Å². The van der Waals surface area contributed by atoms with E-state index in [0.717, 1.165) is 34.9 Å². The van der Waals surface area contributed by atoms with Crippen molar-refractivity contribution in [3.05, 3.63) is 60.6 Å². The second-order valence-corrected chi connectivity index (χ2v) is 8.49. The summed E-state index contributed by atoms with van der Waals surface area (Å²) < 4.78 is 0. The molecular formula is C25H27N3O2. The Balaban J connectivity index is 1.51. The van der Waals surface area contributed by atoms with Crippen LogP contribution in [0.25, 0.3) is 22.0 Å². The highest BCUT2D eigenvalue weighted by Crippen LogP contribution is 2.27. The van der Waals surface area contributed by atoms with Crippen LogP contribution in [0.15, 0.2) is 55.0 Å². The Morgan fingerprint density at radius 3 is 2.77 bits per heavy atom. The van der Waals surface area contributed by atoms with Crippen LogP contribution in [0.3, 0.4) is 0 Å². The molecule has 1 aromatic carbocycles. The third kappa shape index (κ3) is 4.25. The van der Waals surface area contributed by atoms with Gasteiger partial charge in [0.2, 0.25) is 0 Å². The number of ketones is 1. The van der Waals surface area contributed by atoms with Crippen molar-refractivity contribution in [3.8, 4) is 11.3 Å². The molecule has 1 amide bonds. The monoisotopic (exact) mass is 401 g/mol. The summed E-state index contributed by atoms with van der Waals surface area (Å²) in [6.07, 6.45) is 7.60.